The maximum absolute atomic E-state index is 12.2. The number of nitrogens with one attached hydrogen (secondary N) is 1. The van der Waals surface area contributed by atoms with E-state index in [1.165, 1.54) is 7.11 Å². The van der Waals surface area contributed by atoms with Gasteiger partial charge in [-0.15, -0.1) is 0 Å². The second-order valence-corrected chi connectivity index (χ2v) is 7.40. The lowest BCUT2D eigenvalue weighted by Crippen LogP contribution is -2.46. The van der Waals surface area contributed by atoms with Crippen molar-refractivity contribution in [2.75, 3.05) is 14.2 Å². The molecule has 0 radical (unpaired) electrons. The molecule has 0 aromatic carbocycles. The van der Waals surface area contributed by atoms with Crippen molar-refractivity contribution in [3.8, 4) is 0 Å². The number of amides is 1. The number of alkyl carbamates (subject to hydrolysis) is 1. The van der Waals surface area contributed by atoms with Crippen molar-refractivity contribution >= 4 is 12.1 Å². The molecule has 0 unspecified atom stereocenters. The number of methoxy groups -OCH3 is 2. The van der Waals surface area contributed by atoms with Crippen LogP contribution in [0.3, 0.4) is 0 Å². The Labute approximate surface area is 158 Å². The largest absolute Gasteiger partial charge is 0.466 e. The quantitative estimate of drug-likeness (QED) is 0.398. The Bertz CT molecular complexity index is 531. The number of rotatable bonds is 8. The van der Waals surface area contributed by atoms with Crippen LogP contribution in [0.1, 0.15) is 54.9 Å². The zero-order chi connectivity index (χ0) is 20.5. The Morgan fingerprint density at radius 2 is 1.73 bits per heavy atom. The van der Waals surface area contributed by atoms with Crippen molar-refractivity contribution in [2.45, 2.75) is 72.6 Å². The van der Waals surface area contributed by atoms with Crippen molar-refractivity contribution in [3.63, 3.8) is 0 Å². The van der Waals surface area contributed by atoms with Crippen LogP contribution in [0.2, 0.25) is 0 Å². The summed E-state index contributed by atoms with van der Waals surface area (Å²) >= 11 is 0. The van der Waals surface area contributed by atoms with E-state index >= 15 is 0 Å². The summed E-state index contributed by atoms with van der Waals surface area (Å²) in [7, 11) is 2.98. The second kappa shape index (κ2) is 11.0. The van der Waals surface area contributed by atoms with Crippen molar-refractivity contribution in [1.82, 2.24) is 5.32 Å². The van der Waals surface area contributed by atoms with Crippen LogP contribution in [-0.4, -0.2) is 44.0 Å². The van der Waals surface area contributed by atoms with Crippen LogP contribution in [0, 0.1) is 5.92 Å². The molecular weight excluding hydrogens is 334 g/mol. The second-order valence-electron chi connectivity index (χ2n) is 7.40. The van der Waals surface area contributed by atoms with Crippen LogP contribution in [0.4, 0.5) is 4.79 Å². The molecule has 0 saturated heterocycles. The number of hydrogen-bond acceptors (Lipinski definition) is 5. The summed E-state index contributed by atoms with van der Waals surface area (Å²) in [5.41, 5.74) is 0.975. The van der Waals surface area contributed by atoms with Gasteiger partial charge in [0.2, 0.25) is 0 Å². The van der Waals surface area contributed by atoms with Gasteiger partial charge in [0.25, 0.3) is 0 Å². The molecule has 6 heteroatoms. The van der Waals surface area contributed by atoms with Gasteiger partial charge in [0.1, 0.15) is 5.60 Å². The van der Waals surface area contributed by atoms with E-state index in [4.69, 9.17) is 14.2 Å². The molecule has 0 aliphatic rings. The van der Waals surface area contributed by atoms with Gasteiger partial charge in [0, 0.05) is 18.6 Å². The normalized spacial score (nSPS) is 16.5. The molecule has 0 saturated carbocycles. The number of carbonyl (C=O) groups is 2. The number of hydrogen-bond donors (Lipinski definition) is 1. The molecule has 0 rings (SSSR count). The maximum atomic E-state index is 12.2. The van der Waals surface area contributed by atoms with E-state index in [-0.39, 0.29) is 24.0 Å². The average Bonchev–Trinajstić information content (AvgIpc) is 2.56. The summed E-state index contributed by atoms with van der Waals surface area (Å²) in [6.45, 7) is 13.1. The monoisotopic (exact) mass is 369 g/mol. The van der Waals surface area contributed by atoms with Gasteiger partial charge in [-0.05, 0) is 48.0 Å². The summed E-state index contributed by atoms with van der Waals surface area (Å²) in [5, 5.41) is 2.94. The number of allylic oxidation sites excluding steroid dienone is 1. The van der Waals surface area contributed by atoms with E-state index in [0.29, 0.717) is 12.0 Å². The Kier molecular flexibility index (Phi) is 10.2. The summed E-state index contributed by atoms with van der Waals surface area (Å²) in [6, 6.07) is -0.244. The minimum absolute atomic E-state index is 0.0367. The van der Waals surface area contributed by atoms with Crippen LogP contribution >= 0.6 is 0 Å². The van der Waals surface area contributed by atoms with E-state index in [1.54, 1.807) is 20.1 Å². The van der Waals surface area contributed by atoms with Crippen LogP contribution in [-0.2, 0) is 19.0 Å². The molecule has 0 aliphatic heterocycles. The van der Waals surface area contributed by atoms with E-state index in [0.717, 1.165) is 5.57 Å². The average molecular weight is 370 g/mol. The molecule has 0 aliphatic carbocycles. The summed E-state index contributed by atoms with van der Waals surface area (Å²) in [4.78, 5) is 23.8. The number of carbonyl (C=O) groups excluding carboxylic acids is 2. The van der Waals surface area contributed by atoms with Crippen molar-refractivity contribution in [2.24, 2.45) is 5.92 Å². The Hall–Kier alpha value is -1.82. The highest BCUT2D eigenvalue weighted by molar-refractivity contribution is 5.87. The van der Waals surface area contributed by atoms with Gasteiger partial charge in [-0.2, -0.15) is 0 Å². The van der Waals surface area contributed by atoms with Crippen LogP contribution in [0.25, 0.3) is 0 Å². The van der Waals surface area contributed by atoms with Gasteiger partial charge >= 0.3 is 12.1 Å². The summed E-state index contributed by atoms with van der Waals surface area (Å²) < 4.78 is 15.7. The fourth-order valence-electron chi connectivity index (χ4n) is 2.55. The molecule has 0 heterocycles. The standard InChI is InChI=1S/C20H35NO5/c1-10-13(2)17(21-19(23)26-20(5,6)7)15(4)16(24-8)12-11-14(3)18(22)25-9/h10-11,15-17H,12H2,1-9H3,(H,21,23)/b13-10+,14-11+/t15-,16+,17+/m0/s1. The Balaban J connectivity index is 5.28. The predicted molar refractivity (Wildman–Crippen MR) is 103 cm³/mol. The molecule has 150 valence electrons. The third kappa shape index (κ3) is 8.52. The van der Waals surface area contributed by atoms with E-state index in [2.05, 4.69) is 5.32 Å². The Morgan fingerprint density at radius 1 is 1.15 bits per heavy atom. The van der Waals surface area contributed by atoms with Crippen LogP contribution < -0.4 is 5.32 Å². The third-order valence-corrected chi connectivity index (χ3v) is 4.20. The highest BCUT2D eigenvalue weighted by atomic mass is 16.6. The van der Waals surface area contributed by atoms with Crippen molar-refractivity contribution in [1.29, 1.82) is 0 Å². The van der Waals surface area contributed by atoms with Gasteiger partial charge in [-0.1, -0.05) is 24.6 Å². The molecule has 6 nitrogen and oxygen atoms in total. The van der Waals surface area contributed by atoms with Gasteiger partial charge in [-0.3, -0.25) is 0 Å². The van der Waals surface area contributed by atoms with Crippen LogP contribution in [0.15, 0.2) is 23.3 Å². The molecule has 0 spiro atoms. The van der Waals surface area contributed by atoms with Gasteiger partial charge in [0.05, 0.1) is 19.3 Å². The molecule has 1 amide bonds. The lowest BCUT2D eigenvalue weighted by Gasteiger charge is -2.32. The fraction of sp³-hybridized carbons (Fsp3) is 0.700. The molecule has 0 bridgehead atoms. The first-order valence-corrected chi connectivity index (χ1v) is 8.87. The maximum Gasteiger partial charge on any atom is 0.408 e. The first-order valence-electron chi connectivity index (χ1n) is 8.87. The van der Waals surface area contributed by atoms with E-state index in [9.17, 15) is 9.59 Å². The molecule has 26 heavy (non-hydrogen) atoms. The first kappa shape index (κ1) is 24.2. The van der Waals surface area contributed by atoms with E-state index < -0.39 is 11.7 Å². The predicted octanol–water partition coefficient (Wildman–Crippen LogP) is 4.01. The molecule has 1 N–H and O–H groups in total. The minimum atomic E-state index is -0.567. The number of esters is 1. The van der Waals surface area contributed by atoms with Gasteiger partial charge in [-0.25, -0.2) is 9.59 Å². The lowest BCUT2D eigenvalue weighted by atomic mass is 9.88. The number of ether oxygens (including phenoxy) is 3. The highest BCUT2D eigenvalue weighted by Gasteiger charge is 2.29. The highest BCUT2D eigenvalue weighted by Crippen LogP contribution is 2.22. The van der Waals surface area contributed by atoms with Crippen LogP contribution in [0.5, 0.6) is 0 Å². The minimum Gasteiger partial charge on any atom is -0.466 e. The topological polar surface area (TPSA) is 73.9 Å². The molecule has 0 aromatic rings. The van der Waals surface area contributed by atoms with Gasteiger partial charge < -0.3 is 19.5 Å². The zero-order valence-electron chi connectivity index (χ0n) is 17.6. The Morgan fingerprint density at radius 3 is 2.15 bits per heavy atom. The lowest BCUT2D eigenvalue weighted by molar-refractivity contribution is -0.136. The molecular formula is C20H35NO5. The molecule has 3 atom stereocenters. The van der Waals surface area contributed by atoms with E-state index in [1.807, 2.05) is 47.6 Å². The smallest absolute Gasteiger partial charge is 0.408 e. The summed E-state index contributed by atoms with van der Waals surface area (Å²) in [5.74, 6) is -0.397. The van der Waals surface area contributed by atoms with Crippen molar-refractivity contribution in [3.05, 3.63) is 23.3 Å². The zero-order valence-corrected chi connectivity index (χ0v) is 17.6. The molecule has 0 aromatic heterocycles. The SMILES string of the molecule is C/C=C(\C)[C@@H](NC(=O)OC(C)(C)C)[C@@H](C)[C@@H](C/C=C(\C)C(=O)OC)OC. The van der Waals surface area contributed by atoms with Gasteiger partial charge in [0.15, 0.2) is 0 Å². The molecule has 0 fully saturated rings. The first-order chi connectivity index (χ1) is 12.0. The third-order valence-electron chi connectivity index (χ3n) is 4.20. The fourth-order valence-corrected chi connectivity index (χ4v) is 2.55. The summed E-state index contributed by atoms with van der Waals surface area (Å²) in [6.07, 6.45) is 3.63. The van der Waals surface area contributed by atoms with Crippen molar-refractivity contribution < 1.29 is 23.8 Å².